The number of aliphatic imine (C=N–C) groups is 1. The molecule has 8 heteroatoms. The van der Waals surface area contributed by atoms with Gasteiger partial charge < -0.3 is 10.1 Å². The number of nitrogens with one attached hydrogen (secondary N) is 1. The third-order valence-corrected chi connectivity index (χ3v) is 6.06. The molecule has 1 atom stereocenters. The standard InChI is InChI=1S/C22H24FN3O3S.C2H6/c1-14-12-16(22(28)29-11-10-19(24-2)25-3)6-9-18(14)26-20(27)13-30-21(26)15-4-7-17(23)8-5-15;1-2/h4-9,12,21H,10-11,13H2,1-3H3,(H,24,25);1-2H3. The molecule has 0 spiro atoms. The van der Waals surface area contributed by atoms with Crippen molar-refractivity contribution in [1.29, 1.82) is 0 Å². The summed E-state index contributed by atoms with van der Waals surface area (Å²) in [6, 6.07) is 11.3. The number of ether oxygens (including phenoxy) is 1. The van der Waals surface area contributed by atoms with Crippen LogP contribution in [-0.2, 0) is 9.53 Å². The molecule has 1 amide bonds. The molecule has 1 aliphatic heterocycles. The van der Waals surface area contributed by atoms with Gasteiger partial charge in [0.15, 0.2) is 0 Å². The number of carbonyl (C=O) groups excluding carboxylic acids is 2. The van der Waals surface area contributed by atoms with E-state index in [0.717, 1.165) is 22.6 Å². The topological polar surface area (TPSA) is 71.0 Å². The fourth-order valence-electron chi connectivity index (χ4n) is 3.28. The van der Waals surface area contributed by atoms with Crippen LogP contribution in [0.25, 0.3) is 0 Å². The van der Waals surface area contributed by atoms with Crippen LogP contribution in [0, 0.1) is 12.7 Å². The highest BCUT2D eigenvalue weighted by Crippen LogP contribution is 2.42. The molecule has 1 fully saturated rings. The highest BCUT2D eigenvalue weighted by Gasteiger charge is 2.35. The van der Waals surface area contributed by atoms with Gasteiger partial charge in [0.2, 0.25) is 5.91 Å². The number of anilines is 1. The average Bonchev–Trinajstić information content (AvgIpc) is 3.19. The molecule has 1 heterocycles. The number of amidine groups is 1. The van der Waals surface area contributed by atoms with E-state index < -0.39 is 5.97 Å². The monoisotopic (exact) mass is 459 g/mol. The van der Waals surface area contributed by atoms with Gasteiger partial charge in [0.05, 0.1) is 23.8 Å². The van der Waals surface area contributed by atoms with Gasteiger partial charge >= 0.3 is 5.97 Å². The molecule has 2 aromatic rings. The summed E-state index contributed by atoms with van der Waals surface area (Å²) in [5.74, 6) is 0.342. The Morgan fingerprint density at radius 3 is 2.53 bits per heavy atom. The van der Waals surface area contributed by atoms with Crippen LogP contribution >= 0.6 is 11.8 Å². The second-order valence-electron chi connectivity index (χ2n) is 6.79. The summed E-state index contributed by atoms with van der Waals surface area (Å²) in [4.78, 5) is 30.7. The van der Waals surface area contributed by atoms with Crippen LogP contribution in [0.4, 0.5) is 10.1 Å². The van der Waals surface area contributed by atoms with Crippen molar-refractivity contribution < 1.29 is 18.7 Å². The summed E-state index contributed by atoms with van der Waals surface area (Å²) in [5.41, 5.74) is 2.80. The summed E-state index contributed by atoms with van der Waals surface area (Å²) in [6.45, 7) is 6.08. The number of amides is 1. The summed E-state index contributed by atoms with van der Waals surface area (Å²) in [5, 5.41) is 2.70. The van der Waals surface area contributed by atoms with Crippen LogP contribution in [0.5, 0.6) is 0 Å². The van der Waals surface area contributed by atoms with E-state index in [2.05, 4.69) is 10.3 Å². The fraction of sp³-hybridized carbons (Fsp3) is 0.375. The fourth-order valence-corrected chi connectivity index (χ4v) is 4.45. The minimum absolute atomic E-state index is 0.0220. The van der Waals surface area contributed by atoms with Crippen molar-refractivity contribution in [3.63, 3.8) is 0 Å². The number of esters is 1. The first kappa shape index (κ1) is 25.4. The number of halogens is 1. The van der Waals surface area contributed by atoms with Gasteiger partial charge in [-0.15, -0.1) is 11.8 Å². The van der Waals surface area contributed by atoms with E-state index >= 15 is 0 Å². The Balaban J connectivity index is 0.00000176. The molecule has 32 heavy (non-hydrogen) atoms. The van der Waals surface area contributed by atoms with E-state index in [0.29, 0.717) is 17.7 Å². The van der Waals surface area contributed by atoms with Gasteiger partial charge in [-0.1, -0.05) is 26.0 Å². The van der Waals surface area contributed by atoms with E-state index in [1.165, 1.54) is 23.9 Å². The molecule has 0 aromatic heterocycles. The maximum atomic E-state index is 13.3. The number of aryl methyl sites for hydroxylation is 1. The molecule has 6 nitrogen and oxygen atoms in total. The first-order chi connectivity index (χ1) is 15.4. The van der Waals surface area contributed by atoms with E-state index in [1.807, 2.05) is 20.8 Å². The Labute approximate surface area is 193 Å². The van der Waals surface area contributed by atoms with Gasteiger partial charge in [-0.3, -0.25) is 14.7 Å². The number of rotatable bonds is 6. The van der Waals surface area contributed by atoms with E-state index in [1.54, 1.807) is 49.3 Å². The molecule has 172 valence electrons. The first-order valence-corrected chi connectivity index (χ1v) is 11.6. The Morgan fingerprint density at radius 1 is 1.25 bits per heavy atom. The van der Waals surface area contributed by atoms with Crippen LogP contribution in [0.1, 0.15) is 47.1 Å². The van der Waals surface area contributed by atoms with Crippen molar-refractivity contribution in [1.82, 2.24) is 5.32 Å². The molecule has 2 aromatic carbocycles. The second kappa shape index (κ2) is 12.2. The summed E-state index contributed by atoms with van der Waals surface area (Å²) >= 11 is 1.49. The Hall–Kier alpha value is -2.87. The molecule has 1 unspecified atom stereocenters. The van der Waals surface area contributed by atoms with Crippen molar-refractivity contribution in [2.75, 3.05) is 31.4 Å². The normalized spacial score (nSPS) is 15.8. The molecule has 1 saturated heterocycles. The zero-order valence-corrected chi connectivity index (χ0v) is 20.0. The van der Waals surface area contributed by atoms with Crippen molar-refractivity contribution in [3.8, 4) is 0 Å². The van der Waals surface area contributed by atoms with Crippen molar-refractivity contribution in [2.24, 2.45) is 4.99 Å². The smallest absolute Gasteiger partial charge is 0.338 e. The number of nitrogens with zero attached hydrogens (tertiary/aromatic N) is 2. The van der Waals surface area contributed by atoms with E-state index in [4.69, 9.17) is 4.74 Å². The van der Waals surface area contributed by atoms with Crippen LogP contribution in [0.2, 0.25) is 0 Å². The van der Waals surface area contributed by atoms with Crippen LogP contribution in [0.15, 0.2) is 47.5 Å². The number of hydrogen-bond acceptors (Lipinski definition) is 5. The molecular weight excluding hydrogens is 429 g/mol. The molecule has 0 radical (unpaired) electrons. The van der Waals surface area contributed by atoms with Crippen molar-refractivity contribution in [2.45, 2.75) is 32.6 Å². The Kier molecular flexibility index (Phi) is 9.71. The number of benzene rings is 2. The van der Waals surface area contributed by atoms with Gasteiger partial charge in [-0.05, 0) is 48.4 Å². The third kappa shape index (κ3) is 6.09. The molecule has 1 N–H and O–H groups in total. The van der Waals surface area contributed by atoms with Gasteiger partial charge in [0, 0.05) is 26.2 Å². The molecule has 3 rings (SSSR count). The van der Waals surface area contributed by atoms with E-state index in [-0.39, 0.29) is 23.7 Å². The average molecular weight is 460 g/mol. The van der Waals surface area contributed by atoms with E-state index in [9.17, 15) is 14.0 Å². The lowest BCUT2D eigenvalue weighted by atomic mass is 10.1. The molecule has 0 aliphatic carbocycles. The lowest BCUT2D eigenvalue weighted by Gasteiger charge is -2.26. The number of carbonyl (C=O) groups is 2. The molecule has 0 bridgehead atoms. The zero-order valence-electron chi connectivity index (χ0n) is 19.1. The lowest BCUT2D eigenvalue weighted by molar-refractivity contribution is -0.115. The summed E-state index contributed by atoms with van der Waals surface area (Å²) in [7, 11) is 3.44. The lowest BCUT2D eigenvalue weighted by Crippen LogP contribution is -2.28. The first-order valence-electron chi connectivity index (χ1n) is 10.5. The van der Waals surface area contributed by atoms with Crippen LogP contribution in [0.3, 0.4) is 0 Å². The summed E-state index contributed by atoms with van der Waals surface area (Å²) in [6.07, 6.45) is 0.509. The maximum absolute atomic E-state index is 13.3. The van der Waals surface area contributed by atoms with Gasteiger partial charge in [0.1, 0.15) is 11.2 Å². The molecule has 1 aliphatic rings. The second-order valence-corrected chi connectivity index (χ2v) is 7.85. The number of thioether (sulfide) groups is 1. The summed E-state index contributed by atoms with van der Waals surface area (Å²) < 4.78 is 18.6. The van der Waals surface area contributed by atoms with Gasteiger partial charge in [0.25, 0.3) is 0 Å². The maximum Gasteiger partial charge on any atom is 0.338 e. The van der Waals surface area contributed by atoms with Gasteiger partial charge in [-0.25, -0.2) is 9.18 Å². The SMILES string of the molecule is CC.CN=C(CCOC(=O)c1ccc(N2C(=O)CSC2c2ccc(F)cc2)c(C)c1)NC. The highest BCUT2D eigenvalue weighted by molar-refractivity contribution is 8.00. The number of hydrogen-bond donors (Lipinski definition) is 1. The highest BCUT2D eigenvalue weighted by atomic mass is 32.2. The quantitative estimate of drug-likeness (QED) is 0.384. The predicted octanol–water partition coefficient (Wildman–Crippen LogP) is 4.73. The van der Waals surface area contributed by atoms with Gasteiger partial charge in [-0.2, -0.15) is 0 Å². The molecule has 0 saturated carbocycles. The third-order valence-electron chi connectivity index (χ3n) is 4.85. The van der Waals surface area contributed by atoms with Crippen molar-refractivity contribution in [3.05, 3.63) is 65.0 Å². The largest absolute Gasteiger partial charge is 0.462 e. The minimum Gasteiger partial charge on any atom is -0.462 e. The predicted molar refractivity (Wildman–Crippen MR) is 129 cm³/mol. The zero-order chi connectivity index (χ0) is 23.7. The Bertz CT molecular complexity index is 963. The van der Waals surface area contributed by atoms with Crippen LogP contribution < -0.4 is 10.2 Å². The van der Waals surface area contributed by atoms with Crippen LogP contribution in [-0.4, -0.2) is 44.2 Å². The Morgan fingerprint density at radius 2 is 1.94 bits per heavy atom. The van der Waals surface area contributed by atoms with Crippen molar-refractivity contribution >= 4 is 35.2 Å². The molecular formula is C24H30FN3O3S. The minimum atomic E-state index is -0.423.